The fourth-order valence-corrected chi connectivity index (χ4v) is 14.6. The zero-order valence-corrected chi connectivity index (χ0v) is 35.4. The van der Waals surface area contributed by atoms with Crippen LogP contribution in [0.2, 0.25) is 0 Å². The monoisotopic (exact) mass is 808 g/mol. The first-order valence-corrected chi connectivity index (χ1v) is 23.0. The van der Waals surface area contributed by atoms with Gasteiger partial charge in [0.2, 0.25) is 0 Å². The molecule has 11 nitrogen and oxygen atoms in total. The third-order valence-electron chi connectivity index (χ3n) is 17.4. The number of nitrogens with one attached hydrogen (secondary N) is 2. The molecule has 2 heterocycles. The number of aliphatic hydroxyl groups is 6. The van der Waals surface area contributed by atoms with Gasteiger partial charge < -0.3 is 51.7 Å². The highest BCUT2D eigenvalue weighted by Gasteiger charge is 2.75. The summed E-state index contributed by atoms with van der Waals surface area (Å²) < 4.78 is 6.63. The molecule has 11 heteroatoms. The lowest BCUT2D eigenvalue weighted by molar-refractivity contribution is -0.250. The van der Waals surface area contributed by atoms with Gasteiger partial charge in [-0.05, 0) is 124 Å². The van der Waals surface area contributed by atoms with Gasteiger partial charge in [0.1, 0.15) is 5.60 Å². The van der Waals surface area contributed by atoms with Crippen LogP contribution in [0, 0.1) is 52.3 Å². The Balaban J connectivity index is 1.23. The Hall–Kier alpha value is -2.09. The van der Waals surface area contributed by atoms with Crippen molar-refractivity contribution < 1.29 is 40.2 Å². The van der Waals surface area contributed by atoms with Crippen LogP contribution in [-0.4, -0.2) is 97.0 Å². The highest BCUT2D eigenvalue weighted by atomic mass is 16.5. The Kier molecular flexibility index (Phi) is 11.5. The van der Waals surface area contributed by atoms with Crippen LogP contribution in [0.3, 0.4) is 0 Å². The Morgan fingerprint density at radius 3 is 2.57 bits per heavy atom. The summed E-state index contributed by atoms with van der Waals surface area (Å²) in [7, 11) is 0. The second kappa shape index (κ2) is 15.7. The molecular weight excluding hydrogens is 735 g/mol. The zero-order chi connectivity index (χ0) is 41.4. The molecule has 0 bridgehead atoms. The normalized spacial score (nSPS) is 47.4. The molecule has 58 heavy (non-hydrogen) atoms. The Morgan fingerprint density at radius 2 is 1.84 bits per heavy atom. The van der Waals surface area contributed by atoms with E-state index < -0.39 is 63.9 Å². The third kappa shape index (κ3) is 6.54. The van der Waals surface area contributed by atoms with Crippen LogP contribution in [0.25, 0.3) is 0 Å². The zero-order valence-electron chi connectivity index (χ0n) is 35.4. The molecule has 8 aliphatic rings. The van der Waals surface area contributed by atoms with Crippen molar-refractivity contribution in [1.82, 2.24) is 10.6 Å². The van der Waals surface area contributed by atoms with E-state index in [-0.39, 0.29) is 61.4 Å². The number of carbonyl (C=O) groups is 1. The number of ketones is 1. The van der Waals surface area contributed by atoms with Crippen LogP contribution in [0.1, 0.15) is 124 Å². The van der Waals surface area contributed by atoms with Crippen LogP contribution in [0.5, 0.6) is 0 Å². The van der Waals surface area contributed by atoms with Crippen LogP contribution < -0.4 is 16.4 Å². The maximum Gasteiger partial charge on any atom is 0.182 e. The molecule has 0 aromatic carbocycles. The first kappa shape index (κ1) is 42.6. The highest BCUT2D eigenvalue weighted by Crippen LogP contribution is 2.73. The van der Waals surface area contributed by atoms with Crippen molar-refractivity contribution in [2.24, 2.45) is 58.0 Å². The first-order chi connectivity index (χ1) is 27.5. The number of hydrogen-bond acceptors (Lipinski definition) is 11. The minimum atomic E-state index is -1.64. The predicted octanol–water partition coefficient (Wildman–Crippen LogP) is 4.26. The SMILES string of the molecule is CCCCCCC1COC2C1CCCCC2(O)C(C)(O)C1CCC2(O)C3=C(NCC(C)O)C(=O)C4CC(O)C(O)CC45CC(C4=CNC(N)C=C4)C=CC(CC12C)C35. The number of rotatable bonds is 11. The van der Waals surface area contributed by atoms with Gasteiger partial charge in [-0.1, -0.05) is 70.6 Å². The van der Waals surface area contributed by atoms with Gasteiger partial charge in [-0.2, -0.15) is 0 Å². The molecule has 0 aromatic heterocycles. The van der Waals surface area contributed by atoms with Crippen molar-refractivity contribution in [2.75, 3.05) is 13.2 Å². The molecule has 4 saturated carbocycles. The molecule has 17 atom stereocenters. The molecule has 0 amide bonds. The minimum absolute atomic E-state index is 0.0998. The summed E-state index contributed by atoms with van der Waals surface area (Å²) in [5.74, 6) is -1.58. The number of ether oxygens (including phenoxy) is 1. The summed E-state index contributed by atoms with van der Waals surface area (Å²) in [4.78, 5) is 15.2. The van der Waals surface area contributed by atoms with Crippen molar-refractivity contribution in [3.63, 3.8) is 0 Å². The van der Waals surface area contributed by atoms with E-state index in [1.165, 1.54) is 19.3 Å². The van der Waals surface area contributed by atoms with Crippen LogP contribution in [0.15, 0.2) is 47.3 Å². The number of nitrogens with two attached hydrogens (primary N) is 1. The molecule has 8 rings (SSSR count). The lowest BCUT2D eigenvalue weighted by atomic mass is 9.41. The number of Topliss-reactive ketones (excluding diaryl/α,β-unsaturated/α-hetero) is 1. The molecule has 6 aliphatic carbocycles. The number of hydrogen-bond donors (Lipinski definition) is 9. The van der Waals surface area contributed by atoms with E-state index in [0.29, 0.717) is 49.5 Å². The first-order valence-electron chi connectivity index (χ1n) is 23.0. The second-order valence-electron chi connectivity index (χ2n) is 20.7. The maximum absolute atomic E-state index is 15.2. The summed E-state index contributed by atoms with van der Waals surface area (Å²) in [5, 5.41) is 80.0. The van der Waals surface area contributed by atoms with Gasteiger partial charge >= 0.3 is 0 Å². The Morgan fingerprint density at radius 1 is 1.05 bits per heavy atom. The number of aliphatic hydroxyl groups excluding tert-OH is 3. The fourth-order valence-electron chi connectivity index (χ4n) is 14.6. The van der Waals surface area contributed by atoms with E-state index in [1.54, 1.807) is 13.8 Å². The van der Waals surface area contributed by atoms with Gasteiger partial charge in [-0.25, -0.2) is 0 Å². The van der Waals surface area contributed by atoms with Crippen LogP contribution in [0.4, 0.5) is 0 Å². The number of fused-ring (bicyclic) bond motifs is 3. The molecule has 17 unspecified atom stereocenters. The second-order valence-corrected chi connectivity index (χ2v) is 20.7. The fraction of sp³-hybridized carbons (Fsp3) is 0.809. The van der Waals surface area contributed by atoms with Crippen molar-refractivity contribution in [3.8, 4) is 0 Å². The van der Waals surface area contributed by atoms with E-state index in [4.69, 9.17) is 10.5 Å². The van der Waals surface area contributed by atoms with Gasteiger partial charge in [-0.15, -0.1) is 0 Å². The summed E-state index contributed by atoms with van der Waals surface area (Å²) in [6.07, 6.45) is 17.6. The average molecular weight is 808 g/mol. The molecule has 1 spiro atoms. The van der Waals surface area contributed by atoms with E-state index in [1.807, 2.05) is 18.4 Å². The van der Waals surface area contributed by atoms with Gasteiger partial charge in [0.05, 0.1) is 54.1 Å². The third-order valence-corrected chi connectivity index (χ3v) is 17.4. The summed E-state index contributed by atoms with van der Waals surface area (Å²) in [6.45, 7) is 8.43. The summed E-state index contributed by atoms with van der Waals surface area (Å²) >= 11 is 0. The van der Waals surface area contributed by atoms with Crippen molar-refractivity contribution in [2.45, 2.75) is 171 Å². The quantitative estimate of drug-likeness (QED) is 0.107. The maximum atomic E-state index is 15.2. The number of allylic oxidation sites excluding steroid dienone is 5. The summed E-state index contributed by atoms with van der Waals surface area (Å²) in [6, 6.07) is 0. The molecule has 5 fully saturated rings. The van der Waals surface area contributed by atoms with E-state index in [2.05, 4.69) is 36.6 Å². The molecule has 2 aliphatic heterocycles. The Labute approximate surface area is 345 Å². The topological polar surface area (TPSA) is 198 Å². The van der Waals surface area contributed by atoms with Crippen molar-refractivity contribution in [1.29, 1.82) is 0 Å². The standard InChI is InChI=1S/C47H73N3O8/c1-5-6-7-8-11-31-26-58-42-32(31)12-9-10-18-47(42,57)44(4,55)36-17-19-46(56)39-38-29(21-43(36,46)3)14-13-28(30-15-16-37(48)49-25-30)22-45(38)23-35(53)34(52)20-33(45)41(54)40(39)50-24-27(2)51/h13-16,25,27-29,31-38,42,49-53,55-57H,5-12,17-24,26,48H2,1-4H3. The average Bonchev–Trinajstić information content (AvgIpc) is 3.59. The lowest BCUT2D eigenvalue weighted by Crippen LogP contribution is -2.69. The Bertz CT molecular complexity index is 1690. The lowest BCUT2D eigenvalue weighted by Gasteiger charge is -2.64. The van der Waals surface area contributed by atoms with Crippen LogP contribution >= 0.6 is 0 Å². The van der Waals surface area contributed by atoms with Gasteiger partial charge in [0, 0.05) is 30.0 Å². The van der Waals surface area contributed by atoms with E-state index in [0.717, 1.165) is 37.7 Å². The molecule has 10 N–H and O–H groups in total. The summed E-state index contributed by atoms with van der Waals surface area (Å²) in [5.41, 5.74) is 1.57. The molecular formula is C47H73N3O8. The van der Waals surface area contributed by atoms with Crippen molar-refractivity contribution in [3.05, 3.63) is 47.3 Å². The van der Waals surface area contributed by atoms with Crippen LogP contribution in [-0.2, 0) is 9.53 Å². The largest absolute Gasteiger partial charge is 0.392 e. The van der Waals surface area contributed by atoms with Gasteiger partial charge in [-0.3, -0.25) is 4.79 Å². The number of dihydropyridines is 1. The molecule has 0 aromatic rings. The smallest absolute Gasteiger partial charge is 0.182 e. The molecule has 1 saturated heterocycles. The van der Waals surface area contributed by atoms with Crippen molar-refractivity contribution >= 4 is 5.78 Å². The van der Waals surface area contributed by atoms with E-state index in [9.17, 15) is 30.6 Å². The van der Waals surface area contributed by atoms with Gasteiger partial charge in [0.15, 0.2) is 5.78 Å². The van der Waals surface area contributed by atoms with Gasteiger partial charge in [0.25, 0.3) is 0 Å². The molecule has 324 valence electrons. The predicted molar refractivity (Wildman–Crippen MR) is 221 cm³/mol. The van der Waals surface area contributed by atoms with E-state index >= 15 is 4.79 Å². The number of unbranched alkanes of at least 4 members (excludes halogenated alkanes) is 3. The molecule has 0 radical (unpaired) electrons. The number of carbonyl (C=O) groups excluding carboxylic acids is 1. The minimum Gasteiger partial charge on any atom is -0.392 e. The highest BCUT2D eigenvalue weighted by molar-refractivity contribution is 6.00.